The quantitative estimate of drug-likeness (QED) is 0.772. The molecule has 1 atom stereocenters. The smallest absolute Gasteiger partial charge is 0.253 e. The van der Waals surface area contributed by atoms with Crippen molar-refractivity contribution in [3.05, 3.63) is 60.3 Å². The molecule has 1 amide bonds. The van der Waals surface area contributed by atoms with Gasteiger partial charge < -0.3 is 9.88 Å². The van der Waals surface area contributed by atoms with Crippen LogP contribution in [0, 0.1) is 0 Å². The van der Waals surface area contributed by atoms with Gasteiger partial charge in [0, 0.05) is 30.4 Å². The molecule has 26 heavy (non-hydrogen) atoms. The lowest BCUT2D eigenvalue weighted by atomic mass is 10.0. The van der Waals surface area contributed by atoms with Crippen LogP contribution in [0.2, 0.25) is 0 Å². The molecule has 1 saturated heterocycles. The fourth-order valence-electron chi connectivity index (χ4n) is 3.48. The summed E-state index contributed by atoms with van der Waals surface area (Å²) in [7, 11) is -1.33. The first-order valence-electron chi connectivity index (χ1n) is 8.58. The molecule has 2 heterocycles. The molecule has 0 saturated carbocycles. The predicted molar refractivity (Wildman–Crippen MR) is 103 cm³/mol. The van der Waals surface area contributed by atoms with Crippen LogP contribution < -0.4 is 0 Å². The minimum absolute atomic E-state index is 0.0590. The maximum atomic E-state index is 12.7. The van der Waals surface area contributed by atoms with Crippen molar-refractivity contribution < 1.29 is 13.2 Å². The van der Waals surface area contributed by atoms with Crippen LogP contribution >= 0.6 is 0 Å². The van der Waals surface area contributed by atoms with Crippen LogP contribution in [0.15, 0.2) is 54.7 Å². The van der Waals surface area contributed by atoms with Crippen LogP contribution in [0.3, 0.4) is 0 Å². The molecule has 4 rings (SSSR count). The highest BCUT2D eigenvalue weighted by atomic mass is 32.2. The number of fused-ring (bicyclic) bond motifs is 1. The second-order valence-electron chi connectivity index (χ2n) is 6.83. The zero-order valence-electron chi connectivity index (χ0n) is 14.5. The van der Waals surface area contributed by atoms with Crippen molar-refractivity contribution in [3.8, 4) is 11.1 Å². The van der Waals surface area contributed by atoms with E-state index in [0.717, 1.165) is 22.0 Å². The standard InChI is InChI=1S/C20H20N2O3S/c1-22(18-9-11-26(24,25)13-18)20(23)16-5-2-14(3-6-16)17-7-4-15-8-10-21-19(15)12-17/h2-8,10,12,18,21H,9,11,13H2,1H3/t18-/m1/s1. The summed E-state index contributed by atoms with van der Waals surface area (Å²) < 4.78 is 23.3. The number of nitrogens with zero attached hydrogens (tertiary/aromatic N) is 1. The zero-order chi connectivity index (χ0) is 18.3. The third-order valence-electron chi connectivity index (χ3n) is 5.10. The van der Waals surface area contributed by atoms with E-state index < -0.39 is 9.84 Å². The Morgan fingerprint density at radius 1 is 1.08 bits per heavy atom. The van der Waals surface area contributed by atoms with Gasteiger partial charge in [0.15, 0.2) is 9.84 Å². The Labute approximate surface area is 152 Å². The summed E-state index contributed by atoms with van der Waals surface area (Å²) in [6.45, 7) is 0. The number of hydrogen-bond donors (Lipinski definition) is 1. The molecule has 0 radical (unpaired) electrons. The normalized spacial score (nSPS) is 18.9. The van der Waals surface area contributed by atoms with Gasteiger partial charge in [-0.3, -0.25) is 4.79 Å². The number of benzene rings is 2. The van der Waals surface area contributed by atoms with Gasteiger partial charge in [-0.25, -0.2) is 8.42 Å². The van der Waals surface area contributed by atoms with Gasteiger partial charge in [-0.15, -0.1) is 0 Å². The molecule has 0 unspecified atom stereocenters. The molecule has 1 aliphatic heterocycles. The molecule has 0 bridgehead atoms. The van der Waals surface area contributed by atoms with Crippen LogP contribution in [-0.2, 0) is 9.84 Å². The fraction of sp³-hybridized carbons (Fsp3) is 0.250. The summed E-state index contributed by atoms with van der Waals surface area (Å²) in [5.41, 5.74) is 3.75. The predicted octanol–water partition coefficient (Wildman–Crippen LogP) is 3.09. The first kappa shape index (κ1) is 16.8. The molecular weight excluding hydrogens is 348 g/mol. The number of rotatable bonds is 3. The van der Waals surface area contributed by atoms with Crippen LogP contribution in [0.25, 0.3) is 22.0 Å². The molecular formula is C20H20N2O3S. The van der Waals surface area contributed by atoms with Gasteiger partial charge in [0.2, 0.25) is 0 Å². The van der Waals surface area contributed by atoms with Gasteiger partial charge in [-0.1, -0.05) is 24.3 Å². The Kier molecular flexibility index (Phi) is 4.07. The van der Waals surface area contributed by atoms with Crippen molar-refractivity contribution in [1.29, 1.82) is 0 Å². The SMILES string of the molecule is CN(C(=O)c1ccc(-c2ccc3cc[nH]c3c2)cc1)[C@@H]1CCS(=O)(=O)C1. The van der Waals surface area contributed by atoms with Gasteiger partial charge in [-0.05, 0) is 47.2 Å². The number of aromatic nitrogens is 1. The van der Waals surface area contributed by atoms with E-state index in [1.165, 1.54) is 0 Å². The van der Waals surface area contributed by atoms with Crippen molar-refractivity contribution in [2.24, 2.45) is 0 Å². The molecule has 1 aliphatic rings. The Morgan fingerprint density at radius 3 is 2.50 bits per heavy atom. The van der Waals surface area contributed by atoms with Gasteiger partial charge in [0.05, 0.1) is 11.5 Å². The van der Waals surface area contributed by atoms with Crippen molar-refractivity contribution >= 4 is 26.6 Å². The number of nitrogens with one attached hydrogen (secondary N) is 1. The summed E-state index contributed by atoms with van der Waals surface area (Å²) in [5, 5.41) is 1.16. The number of carbonyl (C=O) groups excluding carboxylic acids is 1. The molecule has 2 aromatic carbocycles. The number of H-pyrrole nitrogens is 1. The number of aromatic amines is 1. The maximum absolute atomic E-state index is 12.7. The van der Waals surface area contributed by atoms with E-state index in [0.29, 0.717) is 12.0 Å². The monoisotopic (exact) mass is 368 g/mol. The molecule has 1 aromatic heterocycles. The largest absolute Gasteiger partial charge is 0.361 e. The number of hydrogen-bond acceptors (Lipinski definition) is 3. The highest BCUT2D eigenvalue weighted by Gasteiger charge is 2.32. The lowest BCUT2D eigenvalue weighted by Crippen LogP contribution is -2.37. The van der Waals surface area contributed by atoms with Crippen molar-refractivity contribution in [3.63, 3.8) is 0 Å². The van der Waals surface area contributed by atoms with E-state index in [-0.39, 0.29) is 23.5 Å². The average Bonchev–Trinajstić information content (AvgIpc) is 3.25. The molecule has 0 spiro atoms. The fourth-order valence-corrected chi connectivity index (χ4v) is 5.26. The van der Waals surface area contributed by atoms with Crippen molar-refractivity contribution in [2.75, 3.05) is 18.6 Å². The van der Waals surface area contributed by atoms with Crippen molar-refractivity contribution in [1.82, 2.24) is 9.88 Å². The second kappa shape index (κ2) is 6.29. The summed E-state index contributed by atoms with van der Waals surface area (Å²) in [6, 6.07) is 15.5. The van der Waals surface area contributed by atoms with E-state index >= 15 is 0 Å². The molecule has 1 N–H and O–H groups in total. The summed E-state index contributed by atoms with van der Waals surface area (Å²) in [5.74, 6) is 0.0809. The molecule has 0 aliphatic carbocycles. The molecule has 1 fully saturated rings. The van der Waals surface area contributed by atoms with Gasteiger partial charge >= 0.3 is 0 Å². The zero-order valence-corrected chi connectivity index (χ0v) is 15.3. The van der Waals surface area contributed by atoms with Crippen molar-refractivity contribution in [2.45, 2.75) is 12.5 Å². The summed E-state index contributed by atoms with van der Waals surface area (Å²) in [6.07, 6.45) is 2.42. The van der Waals surface area contributed by atoms with Crippen LogP contribution in [0.5, 0.6) is 0 Å². The minimum Gasteiger partial charge on any atom is -0.361 e. The first-order chi connectivity index (χ1) is 12.4. The third-order valence-corrected chi connectivity index (χ3v) is 6.85. The van der Waals surface area contributed by atoms with E-state index in [1.54, 1.807) is 24.1 Å². The highest BCUT2D eigenvalue weighted by Crippen LogP contribution is 2.25. The van der Waals surface area contributed by atoms with Gasteiger partial charge in [-0.2, -0.15) is 0 Å². The number of sulfone groups is 1. The third kappa shape index (κ3) is 3.12. The van der Waals surface area contributed by atoms with Gasteiger partial charge in [0.1, 0.15) is 0 Å². The van der Waals surface area contributed by atoms with Crippen LogP contribution in [-0.4, -0.2) is 48.8 Å². The lowest BCUT2D eigenvalue weighted by Gasteiger charge is -2.23. The first-order valence-corrected chi connectivity index (χ1v) is 10.4. The summed E-state index contributed by atoms with van der Waals surface area (Å²) in [4.78, 5) is 17.4. The van der Waals surface area contributed by atoms with E-state index in [4.69, 9.17) is 0 Å². The number of amides is 1. The van der Waals surface area contributed by atoms with E-state index in [1.807, 2.05) is 24.4 Å². The Morgan fingerprint density at radius 2 is 1.81 bits per heavy atom. The number of carbonyl (C=O) groups is 1. The molecule has 6 heteroatoms. The molecule has 134 valence electrons. The topological polar surface area (TPSA) is 70.2 Å². The van der Waals surface area contributed by atoms with Gasteiger partial charge in [0.25, 0.3) is 5.91 Å². The minimum atomic E-state index is -3.01. The van der Waals surface area contributed by atoms with E-state index in [2.05, 4.69) is 23.2 Å². The lowest BCUT2D eigenvalue weighted by molar-refractivity contribution is 0.0747. The molecule has 3 aromatic rings. The Bertz CT molecular complexity index is 1070. The van der Waals surface area contributed by atoms with Crippen LogP contribution in [0.4, 0.5) is 0 Å². The maximum Gasteiger partial charge on any atom is 0.253 e. The summed E-state index contributed by atoms with van der Waals surface area (Å²) >= 11 is 0. The van der Waals surface area contributed by atoms with E-state index in [9.17, 15) is 13.2 Å². The highest BCUT2D eigenvalue weighted by molar-refractivity contribution is 7.91. The second-order valence-corrected chi connectivity index (χ2v) is 9.06. The van der Waals surface area contributed by atoms with Crippen LogP contribution in [0.1, 0.15) is 16.8 Å². The molecule has 5 nitrogen and oxygen atoms in total. The average molecular weight is 368 g/mol. The Hall–Kier alpha value is -2.60. The Balaban J connectivity index is 1.54.